The van der Waals surface area contributed by atoms with Crippen molar-refractivity contribution in [1.29, 1.82) is 0 Å². The summed E-state index contributed by atoms with van der Waals surface area (Å²) in [5.41, 5.74) is 4.30. The van der Waals surface area contributed by atoms with Gasteiger partial charge in [0.05, 0.1) is 11.4 Å². The Morgan fingerprint density at radius 3 is 2.28 bits per heavy atom. The minimum Gasteiger partial charge on any atom is -0.354 e. The summed E-state index contributed by atoms with van der Waals surface area (Å²) >= 11 is 1.41. The van der Waals surface area contributed by atoms with Gasteiger partial charge in [-0.15, -0.1) is 5.10 Å². The largest absolute Gasteiger partial charge is 0.354 e. The van der Waals surface area contributed by atoms with Crippen LogP contribution in [0.3, 0.4) is 0 Å². The number of aromatic amines is 1. The SMILES string of the molecule is Cc1cc(C)c(S(=O)(=O)N(CCc2ccccc2)CC(=O)NCCSc2n[nH]c(-c3ccccc3)n2)c(C)c1. The first-order valence-corrected chi connectivity index (χ1v) is 15.2. The zero-order valence-corrected chi connectivity index (χ0v) is 24.0. The van der Waals surface area contributed by atoms with Crippen molar-refractivity contribution < 1.29 is 13.2 Å². The Labute approximate surface area is 234 Å². The predicted octanol–water partition coefficient (Wildman–Crippen LogP) is 4.54. The van der Waals surface area contributed by atoms with Crippen molar-refractivity contribution in [3.63, 3.8) is 0 Å². The summed E-state index contributed by atoms with van der Waals surface area (Å²) in [6.45, 7) is 5.83. The van der Waals surface area contributed by atoms with Crippen LogP contribution in [0, 0.1) is 20.8 Å². The molecule has 204 valence electrons. The summed E-state index contributed by atoms with van der Waals surface area (Å²) in [5.74, 6) is 0.878. The van der Waals surface area contributed by atoms with Gasteiger partial charge in [0, 0.05) is 24.4 Å². The lowest BCUT2D eigenvalue weighted by Crippen LogP contribution is -2.42. The van der Waals surface area contributed by atoms with E-state index in [0.717, 1.165) is 16.7 Å². The second-order valence-corrected chi connectivity index (χ2v) is 12.3. The molecule has 10 heteroatoms. The average Bonchev–Trinajstić information content (AvgIpc) is 3.38. The van der Waals surface area contributed by atoms with Crippen LogP contribution < -0.4 is 5.32 Å². The second-order valence-electron chi connectivity index (χ2n) is 9.33. The van der Waals surface area contributed by atoms with Crippen molar-refractivity contribution in [3.8, 4) is 11.4 Å². The lowest BCUT2D eigenvalue weighted by molar-refractivity contribution is -0.121. The van der Waals surface area contributed by atoms with Gasteiger partial charge >= 0.3 is 0 Å². The standard InChI is InChI=1S/C29H33N5O3S2/c1-21-18-22(2)27(23(3)19-21)39(36,37)34(16-14-24-10-6-4-7-11-24)20-26(35)30-15-17-38-29-31-28(32-33-29)25-12-8-5-9-13-25/h4-13,18-19H,14-17,20H2,1-3H3,(H,30,35)(H,31,32,33). The molecule has 0 aliphatic heterocycles. The van der Waals surface area contributed by atoms with Gasteiger partial charge in [-0.05, 0) is 43.9 Å². The molecule has 0 aliphatic carbocycles. The molecule has 0 saturated heterocycles. The number of carbonyl (C=O) groups excluding carboxylic acids is 1. The van der Waals surface area contributed by atoms with Gasteiger partial charge in [0.1, 0.15) is 0 Å². The van der Waals surface area contributed by atoms with Crippen LogP contribution in [-0.4, -0.2) is 59.2 Å². The van der Waals surface area contributed by atoms with Crippen molar-refractivity contribution in [3.05, 3.63) is 95.1 Å². The minimum atomic E-state index is -3.90. The third-order valence-corrected chi connectivity index (χ3v) is 9.18. The zero-order chi connectivity index (χ0) is 27.8. The molecule has 0 atom stereocenters. The molecule has 39 heavy (non-hydrogen) atoms. The molecule has 3 aromatic carbocycles. The molecular formula is C29H33N5O3S2. The van der Waals surface area contributed by atoms with E-state index in [4.69, 9.17) is 0 Å². The van der Waals surface area contributed by atoms with Crippen LogP contribution in [0.1, 0.15) is 22.3 Å². The van der Waals surface area contributed by atoms with E-state index in [1.165, 1.54) is 16.1 Å². The highest BCUT2D eigenvalue weighted by Gasteiger charge is 2.29. The summed E-state index contributed by atoms with van der Waals surface area (Å²) in [4.78, 5) is 17.7. The maximum Gasteiger partial charge on any atom is 0.244 e. The van der Waals surface area contributed by atoms with E-state index in [1.807, 2.05) is 79.7 Å². The molecule has 0 saturated carbocycles. The topological polar surface area (TPSA) is 108 Å². The minimum absolute atomic E-state index is 0.195. The van der Waals surface area contributed by atoms with Gasteiger partial charge in [-0.1, -0.05) is 90.1 Å². The number of carbonyl (C=O) groups is 1. The Bertz CT molecular complexity index is 1480. The van der Waals surface area contributed by atoms with E-state index >= 15 is 0 Å². The van der Waals surface area contributed by atoms with Crippen LogP contribution in [0.25, 0.3) is 11.4 Å². The Morgan fingerprint density at radius 2 is 1.62 bits per heavy atom. The number of aryl methyl sites for hydroxylation is 3. The smallest absolute Gasteiger partial charge is 0.244 e. The number of nitrogens with zero attached hydrogens (tertiary/aromatic N) is 3. The number of H-pyrrole nitrogens is 1. The molecule has 8 nitrogen and oxygen atoms in total. The fourth-order valence-electron chi connectivity index (χ4n) is 4.47. The summed E-state index contributed by atoms with van der Waals surface area (Å²) in [7, 11) is -3.90. The first-order chi connectivity index (χ1) is 18.7. The van der Waals surface area contributed by atoms with Crippen LogP contribution in [0.4, 0.5) is 0 Å². The molecule has 0 spiro atoms. The fourth-order valence-corrected chi connectivity index (χ4v) is 6.93. The second kappa shape index (κ2) is 13.1. The lowest BCUT2D eigenvalue weighted by Gasteiger charge is -2.24. The first kappa shape index (κ1) is 28.5. The Balaban J connectivity index is 1.39. The van der Waals surface area contributed by atoms with Gasteiger partial charge in [-0.3, -0.25) is 9.89 Å². The molecule has 0 aliphatic rings. The third-order valence-electron chi connectivity index (χ3n) is 6.18. The van der Waals surface area contributed by atoms with E-state index in [1.54, 1.807) is 13.8 Å². The lowest BCUT2D eigenvalue weighted by atomic mass is 10.1. The molecule has 0 radical (unpaired) electrons. The van der Waals surface area contributed by atoms with E-state index in [0.29, 0.717) is 40.8 Å². The Kier molecular flexibility index (Phi) is 9.55. The number of hydrogen-bond donors (Lipinski definition) is 2. The molecule has 2 N–H and O–H groups in total. The normalized spacial score (nSPS) is 11.6. The van der Waals surface area contributed by atoms with Crippen molar-refractivity contribution in [2.24, 2.45) is 0 Å². The first-order valence-electron chi connectivity index (χ1n) is 12.7. The molecule has 4 rings (SSSR count). The highest BCUT2D eigenvalue weighted by molar-refractivity contribution is 7.99. The van der Waals surface area contributed by atoms with Crippen LogP contribution >= 0.6 is 11.8 Å². The van der Waals surface area contributed by atoms with Crippen LogP contribution in [-0.2, 0) is 21.2 Å². The molecule has 1 heterocycles. The number of nitrogens with one attached hydrogen (secondary N) is 2. The van der Waals surface area contributed by atoms with Crippen LogP contribution in [0.2, 0.25) is 0 Å². The Hall–Kier alpha value is -3.47. The molecule has 1 aromatic heterocycles. The van der Waals surface area contributed by atoms with Gasteiger partial charge < -0.3 is 5.32 Å². The zero-order valence-electron chi connectivity index (χ0n) is 22.3. The highest BCUT2D eigenvalue weighted by Crippen LogP contribution is 2.25. The predicted molar refractivity (Wildman–Crippen MR) is 155 cm³/mol. The quantitative estimate of drug-likeness (QED) is 0.194. The number of thioether (sulfide) groups is 1. The van der Waals surface area contributed by atoms with Gasteiger partial charge in [0.15, 0.2) is 5.82 Å². The fraction of sp³-hybridized carbons (Fsp3) is 0.276. The number of hydrogen-bond acceptors (Lipinski definition) is 6. The van der Waals surface area contributed by atoms with Crippen LogP contribution in [0.15, 0.2) is 82.8 Å². The van der Waals surface area contributed by atoms with E-state index in [2.05, 4.69) is 20.5 Å². The van der Waals surface area contributed by atoms with Crippen molar-refractivity contribution >= 4 is 27.7 Å². The molecule has 0 fully saturated rings. The van der Waals surface area contributed by atoms with Gasteiger partial charge in [-0.2, -0.15) is 4.31 Å². The summed E-state index contributed by atoms with van der Waals surface area (Å²) in [5, 5.41) is 10.6. The van der Waals surface area contributed by atoms with Crippen LogP contribution in [0.5, 0.6) is 0 Å². The molecule has 0 unspecified atom stereocenters. The number of rotatable bonds is 12. The van der Waals surface area contributed by atoms with Gasteiger partial charge in [0.2, 0.25) is 21.1 Å². The summed E-state index contributed by atoms with van der Waals surface area (Å²) < 4.78 is 28.9. The number of amides is 1. The maximum absolute atomic E-state index is 13.8. The van der Waals surface area contributed by atoms with Crippen molar-refractivity contribution in [2.45, 2.75) is 37.2 Å². The van der Waals surface area contributed by atoms with Crippen molar-refractivity contribution in [1.82, 2.24) is 24.8 Å². The van der Waals surface area contributed by atoms with Crippen molar-refractivity contribution in [2.75, 3.05) is 25.4 Å². The number of aromatic nitrogens is 3. The molecular weight excluding hydrogens is 530 g/mol. The molecule has 4 aromatic rings. The average molecular weight is 564 g/mol. The Morgan fingerprint density at radius 1 is 0.974 bits per heavy atom. The summed E-state index contributed by atoms with van der Waals surface area (Å²) in [6, 6.07) is 23.1. The maximum atomic E-state index is 13.8. The molecule has 0 bridgehead atoms. The third kappa shape index (κ3) is 7.56. The summed E-state index contributed by atoms with van der Waals surface area (Å²) in [6.07, 6.45) is 0.502. The van der Waals surface area contributed by atoms with E-state index in [9.17, 15) is 13.2 Å². The monoisotopic (exact) mass is 563 g/mol. The van der Waals surface area contributed by atoms with Gasteiger partial charge in [-0.25, -0.2) is 13.4 Å². The van der Waals surface area contributed by atoms with E-state index < -0.39 is 10.0 Å². The highest BCUT2D eigenvalue weighted by atomic mass is 32.2. The number of sulfonamides is 1. The number of benzene rings is 3. The van der Waals surface area contributed by atoms with E-state index in [-0.39, 0.29) is 23.9 Å². The van der Waals surface area contributed by atoms with Gasteiger partial charge in [0.25, 0.3) is 0 Å². The molecule has 1 amide bonds.